The molecule has 0 saturated carbocycles. The number of carbonyl (C=O) groups is 2. The Kier molecular flexibility index (Phi) is 8.36. The van der Waals surface area contributed by atoms with Crippen LogP contribution in [0, 0.1) is 5.92 Å². The summed E-state index contributed by atoms with van der Waals surface area (Å²) in [5.74, 6) is 0.712. The fraction of sp³-hybridized carbons (Fsp3) is 0.519. The monoisotopic (exact) mass is 480 g/mol. The number of nitrogens with one attached hydrogen (secondary N) is 2. The van der Waals surface area contributed by atoms with Gasteiger partial charge in [-0.25, -0.2) is 0 Å². The zero-order valence-electron chi connectivity index (χ0n) is 20.6. The minimum atomic E-state index is -0.712. The highest BCUT2D eigenvalue weighted by molar-refractivity contribution is 5.97. The van der Waals surface area contributed by atoms with E-state index in [0.717, 1.165) is 44.5 Å². The number of piperidine rings is 1. The van der Waals surface area contributed by atoms with E-state index in [1.165, 1.54) is 11.1 Å². The molecule has 3 N–H and O–H groups in total. The second-order valence-electron chi connectivity index (χ2n) is 9.50. The summed E-state index contributed by atoms with van der Waals surface area (Å²) in [6.07, 6.45) is 4.25. The van der Waals surface area contributed by atoms with Crippen molar-refractivity contribution in [2.24, 2.45) is 5.92 Å². The molecular formula is C27H36N4O4. The predicted octanol–water partition coefficient (Wildman–Crippen LogP) is 2.09. The third-order valence-electron chi connectivity index (χ3n) is 7.08. The molecule has 0 aliphatic carbocycles. The SMILES string of the molecule is CCOc1cnc(CC2CCN(C(C)=O)CC2)cc1C(=O)NCC(O)[C@@H]1Cc2ccccc2CN1. The van der Waals surface area contributed by atoms with E-state index in [2.05, 4.69) is 27.8 Å². The molecule has 1 aromatic carbocycles. The first-order valence-corrected chi connectivity index (χ1v) is 12.6. The Morgan fingerprint density at radius 1 is 1.26 bits per heavy atom. The van der Waals surface area contributed by atoms with Gasteiger partial charge < -0.3 is 25.4 Å². The van der Waals surface area contributed by atoms with Crippen molar-refractivity contribution in [3.05, 3.63) is 58.9 Å². The summed E-state index contributed by atoms with van der Waals surface area (Å²) in [4.78, 5) is 31.1. The lowest BCUT2D eigenvalue weighted by Gasteiger charge is -2.31. The quantitative estimate of drug-likeness (QED) is 0.535. The van der Waals surface area contributed by atoms with Crippen molar-refractivity contribution < 1.29 is 19.4 Å². The van der Waals surface area contributed by atoms with E-state index in [-0.39, 0.29) is 24.4 Å². The van der Waals surface area contributed by atoms with Crippen molar-refractivity contribution in [3.63, 3.8) is 0 Å². The number of carbonyl (C=O) groups excluding carboxylic acids is 2. The minimum absolute atomic E-state index is 0.120. The minimum Gasteiger partial charge on any atom is -0.491 e. The number of ether oxygens (including phenoxy) is 1. The standard InChI is InChI=1S/C27H36N4O4/c1-3-35-26-17-28-22(12-19-8-10-31(11-9-19)18(2)32)14-23(26)27(34)30-16-25(33)24-13-20-6-4-5-7-21(20)15-29-24/h4-7,14,17,19,24-25,29,33H,3,8-13,15-16H2,1-2H3,(H,30,34)/t24-,25?/m0/s1. The van der Waals surface area contributed by atoms with Crippen LogP contribution in [0.1, 0.15) is 53.9 Å². The van der Waals surface area contributed by atoms with Crippen LogP contribution in [-0.4, -0.2) is 65.2 Å². The van der Waals surface area contributed by atoms with Crippen LogP contribution in [0.4, 0.5) is 0 Å². The maximum atomic E-state index is 13.1. The van der Waals surface area contributed by atoms with Gasteiger partial charge in [-0.1, -0.05) is 24.3 Å². The van der Waals surface area contributed by atoms with Crippen LogP contribution in [0.5, 0.6) is 5.75 Å². The van der Waals surface area contributed by atoms with Crippen molar-refractivity contribution in [2.75, 3.05) is 26.2 Å². The van der Waals surface area contributed by atoms with Crippen LogP contribution < -0.4 is 15.4 Å². The smallest absolute Gasteiger partial charge is 0.255 e. The van der Waals surface area contributed by atoms with Crippen LogP contribution in [0.15, 0.2) is 36.5 Å². The number of fused-ring (bicyclic) bond motifs is 1. The fourth-order valence-corrected chi connectivity index (χ4v) is 4.98. The lowest BCUT2D eigenvalue weighted by molar-refractivity contribution is -0.130. The molecule has 2 aromatic rings. The highest BCUT2D eigenvalue weighted by atomic mass is 16.5. The van der Waals surface area contributed by atoms with Gasteiger partial charge in [0, 0.05) is 44.8 Å². The van der Waals surface area contributed by atoms with Crippen LogP contribution in [0.2, 0.25) is 0 Å². The molecule has 8 heteroatoms. The van der Waals surface area contributed by atoms with Gasteiger partial charge in [-0.05, 0) is 55.7 Å². The molecule has 3 heterocycles. The van der Waals surface area contributed by atoms with Gasteiger partial charge in [-0.2, -0.15) is 0 Å². The lowest BCUT2D eigenvalue weighted by Crippen LogP contribution is -2.49. The molecule has 0 spiro atoms. The van der Waals surface area contributed by atoms with Crippen molar-refractivity contribution in [2.45, 2.75) is 58.2 Å². The molecule has 35 heavy (non-hydrogen) atoms. The third kappa shape index (κ3) is 6.38. The molecule has 2 aliphatic rings. The molecule has 1 saturated heterocycles. The Hall–Kier alpha value is -2.97. The number of aliphatic hydroxyl groups is 1. The maximum absolute atomic E-state index is 13.1. The number of hydrogen-bond donors (Lipinski definition) is 3. The number of aromatic nitrogens is 1. The first-order chi connectivity index (χ1) is 16.9. The molecule has 188 valence electrons. The number of likely N-dealkylation sites (tertiary alicyclic amines) is 1. The van der Waals surface area contributed by atoms with Crippen LogP contribution in [-0.2, 0) is 24.2 Å². The summed E-state index contributed by atoms with van der Waals surface area (Å²) in [7, 11) is 0. The van der Waals surface area contributed by atoms with Crippen LogP contribution in [0.3, 0.4) is 0 Å². The summed E-state index contributed by atoms with van der Waals surface area (Å²) < 4.78 is 5.66. The highest BCUT2D eigenvalue weighted by Crippen LogP contribution is 2.24. The molecule has 0 radical (unpaired) electrons. The summed E-state index contributed by atoms with van der Waals surface area (Å²) in [5.41, 5.74) is 3.75. The first kappa shape index (κ1) is 25.1. The second-order valence-corrected chi connectivity index (χ2v) is 9.50. The van der Waals surface area contributed by atoms with Crippen molar-refractivity contribution in [1.82, 2.24) is 20.5 Å². The van der Waals surface area contributed by atoms with E-state index in [0.29, 0.717) is 30.4 Å². The normalized spacial score (nSPS) is 19.1. The van der Waals surface area contributed by atoms with Crippen LogP contribution in [0.25, 0.3) is 0 Å². The van der Waals surface area contributed by atoms with Gasteiger partial charge in [0.15, 0.2) is 0 Å². The van der Waals surface area contributed by atoms with Gasteiger partial charge in [0.05, 0.1) is 24.5 Å². The predicted molar refractivity (Wildman–Crippen MR) is 133 cm³/mol. The number of aliphatic hydroxyl groups excluding tert-OH is 1. The van der Waals surface area contributed by atoms with Gasteiger partial charge >= 0.3 is 0 Å². The summed E-state index contributed by atoms with van der Waals surface area (Å²) >= 11 is 0. The zero-order chi connectivity index (χ0) is 24.8. The van der Waals surface area contributed by atoms with E-state index >= 15 is 0 Å². The van der Waals surface area contributed by atoms with E-state index in [9.17, 15) is 14.7 Å². The van der Waals surface area contributed by atoms with Crippen molar-refractivity contribution in [3.8, 4) is 5.75 Å². The number of hydrogen-bond acceptors (Lipinski definition) is 6. The highest BCUT2D eigenvalue weighted by Gasteiger charge is 2.26. The average Bonchev–Trinajstić information content (AvgIpc) is 2.88. The Morgan fingerprint density at radius 2 is 2.00 bits per heavy atom. The number of nitrogens with zero attached hydrogens (tertiary/aromatic N) is 2. The zero-order valence-corrected chi connectivity index (χ0v) is 20.6. The lowest BCUT2D eigenvalue weighted by atomic mass is 9.91. The molecule has 2 amide bonds. The molecule has 2 atom stereocenters. The van der Waals surface area contributed by atoms with Gasteiger partial charge in [0.2, 0.25) is 5.91 Å². The largest absolute Gasteiger partial charge is 0.491 e. The van der Waals surface area contributed by atoms with Crippen molar-refractivity contribution >= 4 is 11.8 Å². The Bertz CT molecular complexity index is 1040. The number of pyridine rings is 1. The van der Waals surface area contributed by atoms with E-state index < -0.39 is 6.10 Å². The number of amides is 2. The molecule has 1 aromatic heterocycles. The summed E-state index contributed by atoms with van der Waals surface area (Å²) in [6.45, 7) is 6.29. The maximum Gasteiger partial charge on any atom is 0.255 e. The second kappa shape index (κ2) is 11.6. The van der Waals surface area contributed by atoms with Gasteiger partial charge in [-0.15, -0.1) is 0 Å². The van der Waals surface area contributed by atoms with Gasteiger partial charge in [0.1, 0.15) is 5.75 Å². The van der Waals surface area contributed by atoms with Gasteiger partial charge in [-0.3, -0.25) is 14.6 Å². The Balaban J connectivity index is 1.36. The fourth-order valence-electron chi connectivity index (χ4n) is 4.98. The Labute approximate surface area is 207 Å². The molecular weight excluding hydrogens is 444 g/mol. The third-order valence-corrected chi connectivity index (χ3v) is 7.08. The van der Waals surface area contributed by atoms with E-state index in [1.54, 1.807) is 19.2 Å². The molecule has 1 unspecified atom stereocenters. The molecule has 0 bridgehead atoms. The van der Waals surface area contributed by atoms with Crippen molar-refractivity contribution in [1.29, 1.82) is 0 Å². The van der Waals surface area contributed by atoms with Gasteiger partial charge in [0.25, 0.3) is 5.91 Å². The molecule has 8 nitrogen and oxygen atoms in total. The van der Waals surface area contributed by atoms with E-state index in [1.807, 2.05) is 24.0 Å². The number of rotatable bonds is 8. The van der Waals surface area contributed by atoms with Crippen LogP contribution >= 0.6 is 0 Å². The molecule has 1 fully saturated rings. The Morgan fingerprint density at radius 3 is 2.71 bits per heavy atom. The van der Waals surface area contributed by atoms with E-state index in [4.69, 9.17) is 4.74 Å². The summed E-state index contributed by atoms with van der Waals surface area (Å²) in [5, 5.41) is 17.0. The summed E-state index contributed by atoms with van der Waals surface area (Å²) in [6, 6.07) is 9.90. The number of benzene rings is 1. The first-order valence-electron chi connectivity index (χ1n) is 12.6. The topological polar surface area (TPSA) is 104 Å². The molecule has 4 rings (SSSR count). The average molecular weight is 481 g/mol. The molecule has 2 aliphatic heterocycles.